The van der Waals surface area contributed by atoms with E-state index in [4.69, 9.17) is 0 Å². The highest BCUT2D eigenvalue weighted by atomic mass is 32.2. The third-order valence-corrected chi connectivity index (χ3v) is 4.98. The molecule has 122 valence electrons. The Kier molecular flexibility index (Phi) is 5.36. The van der Waals surface area contributed by atoms with Crippen LogP contribution in [0.2, 0.25) is 0 Å². The Balaban J connectivity index is 2.02. The van der Waals surface area contributed by atoms with Gasteiger partial charge >= 0.3 is 6.03 Å². The molecule has 23 heavy (non-hydrogen) atoms. The molecule has 0 aliphatic rings. The number of amides is 2. The lowest BCUT2D eigenvalue weighted by atomic mass is 10.2. The first kappa shape index (κ1) is 17.0. The van der Waals surface area contributed by atoms with Gasteiger partial charge in [0.2, 0.25) is 10.0 Å². The van der Waals surface area contributed by atoms with E-state index in [-0.39, 0.29) is 4.90 Å². The summed E-state index contributed by atoms with van der Waals surface area (Å²) in [6, 6.07) is 15.2. The van der Waals surface area contributed by atoms with Gasteiger partial charge in [0.1, 0.15) is 0 Å². The largest absolute Gasteiger partial charge is 0.334 e. The predicted molar refractivity (Wildman–Crippen MR) is 89.6 cm³/mol. The zero-order valence-electron chi connectivity index (χ0n) is 13.0. The number of nitrogens with zero attached hydrogens (tertiary/aromatic N) is 1. The van der Waals surface area contributed by atoms with Gasteiger partial charge in [-0.1, -0.05) is 36.4 Å². The van der Waals surface area contributed by atoms with E-state index in [1.54, 1.807) is 12.1 Å². The van der Waals surface area contributed by atoms with E-state index in [9.17, 15) is 13.2 Å². The van der Waals surface area contributed by atoms with Crippen LogP contribution in [-0.4, -0.2) is 32.8 Å². The molecule has 0 aliphatic heterocycles. The molecule has 6 nitrogen and oxygen atoms in total. The molecule has 0 spiro atoms. The second-order valence-electron chi connectivity index (χ2n) is 5.11. The van der Waals surface area contributed by atoms with E-state index in [1.165, 1.54) is 26.2 Å². The quantitative estimate of drug-likeness (QED) is 0.881. The fourth-order valence-electron chi connectivity index (χ4n) is 1.90. The number of hydrogen-bond donors (Lipinski definition) is 2. The molecule has 2 aromatic rings. The molecule has 2 rings (SSSR count). The Morgan fingerprint density at radius 3 is 2.39 bits per heavy atom. The van der Waals surface area contributed by atoms with Crippen LogP contribution in [0.4, 0.5) is 10.5 Å². The molecular weight excluding hydrogens is 314 g/mol. The monoisotopic (exact) mass is 333 g/mol. The smallest absolute Gasteiger partial charge is 0.319 e. The van der Waals surface area contributed by atoms with Crippen LogP contribution in [0.3, 0.4) is 0 Å². The normalized spacial score (nSPS) is 11.3. The summed E-state index contributed by atoms with van der Waals surface area (Å²) in [7, 11) is -0.608. The number of urea groups is 1. The summed E-state index contributed by atoms with van der Waals surface area (Å²) < 4.78 is 25.3. The number of carbonyl (C=O) groups is 1. The third-order valence-electron chi connectivity index (χ3n) is 3.17. The average Bonchev–Trinajstić information content (AvgIpc) is 2.54. The number of anilines is 1. The van der Waals surface area contributed by atoms with Gasteiger partial charge in [-0.05, 0) is 23.8 Å². The SMILES string of the molecule is CN(C)S(=O)(=O)c1cccc(NC(=O)NCc2ccccc2)c1. The Morgan fingerprint density at radius 1 is 1.04 bits per heavy atom. The molecular formula is C16H19N3O3S. The summed E-state index contributed by atoms with van der Waals surface area (Å²) in [5.74, 6) is 0. The Labute approximate surface area is 136 Å². The molecule has 0 radical (unpaired) electrons. The highest BCUT2D eigenvalue weighted by molar-refractivity contribution is 7.89. The van der Waals surface area contributed by atoms with Gasteiger partial charge in [0, 0.05) is 26.3 Å². The highest BCUT2D eigenvalue weighted by Gasteiger charge is 2.17. The van der Waals surface area contributed by atoms with E-state index < -0.39 is 16.1 Å². The van der Waals surface area contributed by atoms with Crippen LogP contribution in [-0.2, 0) is 16.6 Å². The molecule has 0 aromatic heterocycles. The molecule has 0 heterocycles. The van der Waals surface area contributed by atoms with Crippen molar-refractivity contribution in [1.29, 1.82) is 0 Å². The van der Waals surface area contributed by atoms with Crippen LogP contribution in [0.25, 0.3) is 0 Å². The topological polar surface area (TPSA) is 78.5 Å². The van der Waals surface area contributed by atoms with Gasteiger partial charge in [0.05, 0.1) is 4.90 Å². The molecule has 0 atom stereocenters. The van der Waals surface area contributed by atoms with Crippen molar-refractivity contribution in [3.63, 3.8) is 0 Å². The summed E-state index contributed by atoms with van der Waals surface area (Å²) in [6.45, 7) is 0.391. The van der Waals surface area contributed by atoms with Gasteiger partial charge in [-0.3, -0.25) is 0 Å². The minimum absolute atomic E-state index is 0.128. The van der Waals surface area contributed by atoms with Crippen molar-refractivity contribution in [3.8, 4) is 0 Å². The van der Waals surface area contributed by atoms with Crippen LogP contribution in [0.15, 0.2) is 59.5 Å². The molecule has 0 fully saturated rings. The number of hydrogen-bond acceptors (Lipinski definition) is 3. The van der Waals surface area contributed by atoms with Gasteiger partial charge in [-0.15, -0.1) is 0 Å². The van der Waals surface area contributed by atoms with Gasteiger partial charge < -0.3 is 10.6 Å². The molecule has 0 bridgehead atoms. The average molecular weight is 333 g/mol. The maximum absolute atomic E-state index is 12.1. The van der Waals surface area contributed by atoms with Crippen LogP contribution >= 0.6 is 0 Å². The zero-order valence-corrected chi connectivity index (χ0v) is 13.8. The first-order valence-electron chi connectivity index (χ1n) is 7.01. The molecule has 0 aliphatic carbocycles. The summed E-state index contributed by atoms with van der Waals surface area (Å²) >= 11 is 0. The van der Waals surface area contributed by atoms with Crippen molar-refractivity contribution in [3.05, 3.63) is 60.2 Å². The fraction of sp³-hybridized carbons (Fsp3) is 0.188. The van der Waals surface area contributed by atoms with E-state index >= 15 is 0 Å². The van der Waals surface area contributed by atoms with Crippen LogP contribution in [0, 0.1) is 0 Å². The maximum atomic E-state index is 12.1. The van der Waals surface area contributed by atoms with E-state index in [0.717, 1.165) is 9.87 Å². The number of carbonyl (C=O) groups excluding carboxylic acids is 1. The first-order chi connectivity index (χ1) is 10.9. The fourth-order valence-corrected chi connectivity index (χ4v) is 2.85. The Morgan fingerprint density at radius 2 is 1.74 bits per heavy atom. The highest BCUT2D eigenvalue weighted by Crippen LogP contribution is 2.17. The lowest BCUT2D eigenvalue weighted by molar-refractivity contribution is 0.251. The van der Waals surface area contributed by atoms with Crippen molar-refractivity contribution < 1.29 is 13.2 Å². The van der Waals surface area contributed by atoms with Crippen molar-refractivity contribution in [2.45, 2.75) is 11.4 Å². The number of benzene rings is 2. The summed E-state index contributed by atoms with van der Waals surface area (Å²) in [6.07, 6.45) is 0. The Hall–Kier alpha value is -2.38. The van der Waals surface area contributed by atoms with Crippen molar-refractivity contribution >= 4 is 21.7 Å². The van der Waals surface area contributed by atoms with E-state index in [2.05, 4.69) is 10.6 Å². The molecule has 0 saturated carbocycles. The standard InChI is InChI=1S/C16H19N3O3S/c1-19(2)23(21,22)15-10-6-9-14(11-15)18-16(20)17-12-13-7-4-3-5-8-13/h3-11H,12H2,1-2H3,(H2,17,18,20). The van der Waals surface area contributed by atoms with Crippen LogP contribution < -0.4 is 10.6 Å². The molecule has 2 amide bonds. The van der Waals surface area contributed by atoms with Gasteiger partial charge in [0.25, 0.3) is 0 Å². The minimum atomic E-state index is -3.53. The number of nitrogens with one attached hydrogen (secondary N) is 2. The zero-order chi connectivity index (χ0) is 16.9. The molecule has 0 unspecified atom stereocenters. The molecule has 7 heteroatoms. The van der Waals surface area contributed by atoms with E-state index in [1.807, 2.05) is 30.3 Å². The van der Waals surface area contributed by atoms with Gasteiger partial charge in [0.15, 0.2) is 0 Å². The summed E-state index contributed by atoms with van der Waals surface area (Å²) in [4.78, 5) is 12.0. The van der Waals surface area contributed by atoms with Gasteiger partial charge in [-0.2, -0.15) is 0 Å². The van der Waals surface area contributed by atoms with Crippen molar-refractivity contribution in [2.24, 2.45) is 0 Å². The maximum Gasteiger partial charge on any atom is 0.319 e. The van der Waals surface area contributed by atoms with Crippen LogP contribution in [0.1, 0.15) is 5.56 Å². The lowest BCUT2D eigenvalue weighted by Gasteiger charge is -2.13. The van der Waals surface area contributed by atoms with Crippen LogP contribution in [0.5, 0.6) is 0 Å². The Bertz CT molecular complexity index is 774. The second-order valence-corrected chi connectivity index (χ2v) is 7.26. The minimum Gasteiger partial charge on any atom is -0.334 e. The second kappa shape index (κ2) is 7.26. The summed E-state index contributed by atoms with van der Waals surface area (Å²) in [5.41, 5.74) is 1.39. The number of rotatable bonds is 5. The lowest BCUT2D eigenvalue weighted by Crippen LogP contribution is -2.28. The van der Waals surface area contributed by atoms with Crippen molar-refractivity contribution in [2.75, 3.05) is 19.4 Å². The molecule has 2 N–H and O–H groups in total. The van der Waals surface area contributed by atoms with Crippen molar-refractivity contribution in [1.82, 2.24) is 9.62 Å². The number of sulfonamides is 1. The molecule has 2 aromatic carbocycles. The summed E-state index contributed by atoms with van der Waals surface area (Å²) in [5, 5.41) is 5.35. The first-order valence-corrected chi connectivity index (χ1v) is 8.45. The third kappa shape index (κ3) is 4.54. The van der Waals surface area contributed by atoms with Gasteiger partial charge in [-0.25, -0.2) is 17.5 Å². The molecule has 0 saturated heterocycles. The van der Waals surface area contributed by atoms with E-state index in [0.29, 0.717) is 12.2 Å². The predicted octanol–water partition coefficient (Wildman–Crippen LogP) is 2.26.